The van der Waals surface area contributed by atoms with Gasteiger partial charge < -0.3 is 9.72 Å². The number of esters is 1. The maximum absolute atomic E-state index is 12.8. The molecule has 0 bridgehead atoms. The molecule has 0 saturated carbocycles. The Kier molecular flexibility index (Phi) is 5.73. The maximum atomic E-state index is 12.8. The van der Waals surface area contributed by atoms with Crippen LogP contribution in [-0.2, 0) is 10.5 Å². The smallest absolute Gasteiger partial charge is 0.339 e. The van der Waals surface area contributed by atoms with Crippen LogP contribution < -0.4 is 5.56 Å². The van der Waals surface area contributed by atoms with Crippen LogP contribution in [0.4, 0.5) is 0 Å². The van der Waals surface area contributed by atoms with Crippen LogP contribution in [0, 0.1) is 0 Å². The van der Waals surface area contributed by atoms with Crippen molar-refractivity contribution >= 4 is 40.0 Å². The zero-order valence-corrected chi connectivity index (χ0v) is 17.1. The van der Waals surface area contributed by atoms with Gasteiger partial charge in [-0.1, -0.05) is 24.3 Å². The van der Waals surface area contributed by atoms with Crippen LogP contribution in [0.3, 0.4) is 0 Å². The fourth-order valence-electron chi connectivity index (χ4n) is 2.80. The molecule has 6 nitrogen and oxygen atoms in total. The number of thiazole rings is 1. The molecule has 1 unspecified atom stereocenters. The van der Waals surface area contributed by atoms with E-state index in [0.29, 0.717) is 28.0 Å². The third-order valence-electron chi connectivity index (χ3n) is 4.27. The number of fused-ring (bicyclic) bond motifs is 1. The van der Waals surface area contributed by atoms with Gasteiger partial charge in [-0.15, -0.1) is 23.1 Å². The average Bonchev–Trinajstić information content (AvgIpc) is 3.26. The average molecular weight is 424 g/mol. The number of benzene rings is 2. The molecule has 8 heteroatoms. The van der Waals surface area contributed by atoms with Crippen molar-refractivity contribution in [1.82, 2.24) is 15.0 Å². The van der Waals surface area contributed by atoms with Crippen molar-refractivity contribution in [3.8, 4) is 0 Å². The number of ether oxygens (including phenoxy) is 1. The molecule has 4 aromatic rings. The Morgan fingerprint density at radius 2 is 2.00 bits per heavy atom. The van der Waals surface area contributed by atoms with Crippen molar-refractivity contribution in [1.29, 1.82) is 0 Å². The number of aromatic nitrogens is 3. The number of carbonyl (C=O) groups is 1. The van der Waals surface area contributed by atoms with E-state index in [4.69, 9.17) is 4.74 Å². The summed E-state index contributed by atoms with van der Waals surface area (Å²) in [6, 6.07) is 14.3. The standard InChI is InChI=1S/C21H17N3O3S2/c1-13(19-23-17-8-4-2-6-15(17)20(25)24-19)27-21(26)16-7-3-5-9-18(16)29-11-14-10-28-12-22-14/h2-10,12-13H,11H2,1H3,(H,23,24,25). The van der Waals surface area contributed by atoms with E-state index in [9.17, 15) is 9.59 Å². The topological polar surface area (TPSA) is 84.9 Å². The van der Waals surface area contributed by atoms with E-state index in [-0.39, 0.29) is 5.56 Å². The number of thioether (sulfide) groups is 1. The molecule has 146 valence electrons. The fourth-order valence-corrected chi connectivity index (χ4v) is 4.41. The van der Waals surface area contributed by atoms with Crippen LogP contribution >= 0.6 is 23.1 Å². The highest BCUT2D eigenvalue weighted by Crippen LogP contribution is 2.28. The van der Waals surface area contributed by atoms with Crippen molar-refractivity contribution in [3.05, 3.63) is 86.9 Å². The van der Waals surface area contributed by atoms with E-state index < -0.39 is 12.1 Å². The van der Waals surface area contributed by atoms with Crippen LogP contribution in [-0.4, -0.2) is 20.9 Å². The Morgan fingerprint density at radius 3 is 2.83 bits per heavy atom. The summed E-state index contributed by atoms with van der Waals surface area (Å²) in [4.78, 5) is 37.3. The van der Waals surface area contributed by atoms with E-state index >= 15 is 0 Å². The van der Waals surface area contributed by atoms with Gasteiger partial charge in [0, 0.05) is 16.0 Å². The van der Waals surface area contributed by atoms with Gasteiger partial charge in [0.05, 0.1) is 27.7 Å². The summed E-state index contributed by atoms with van der Waals surface area (Å²) in [6.07, 6.45) is -0.698. The molecular formula is C21H17N3O3S2. The highest BCUT2D eigenvalue weighted by Gasteiger charge is 2.19. The first-order chi connectivity index (χ1) is 14.1. The predicted octanol–water partition coefficient (Wildman–Crippen LogP) is 4.59. The quantitative estimate of drug-likeness (QED) is 0.361. The zero-order chi connectivity index (χ0) is 20.2. The van der Waals surface area contributed by atoms with Crippen molar-refractivity contribution in [3.63, 3.8) is 0 Å². The van der Waals surface area contributed by atoms with Crippen molar-refractivity contribution in [2.75, 3.05) is 0 Å². The van der Waals surface area contributed by atoms with Crippen LogP contribution in [0.1, 0.15) is 34.9 Å². The van der Waals surface area contributed by atoms with Crippen LogP contribution in [0.15, 0.2) is 69.1 Å². The van der Waals surface area contributed by atoms with E-state index in [0.717, 1.165) is 10.6 Å². The molecule has 1 N–H and O–H groups in total. The summed E-state index contributed by atoms with van der Waals surface area (Å²) in [6.45, 7) is 1.69. The Labute approximate surface area is 175 Å². The second kappa shape index (κ2) is 8.59. The molecule has 0 radical (unpaired) electrons. The highest BCUT2D eigenvalue weighted by molar-refractivity contribution is 7.98. The van der Waals surface area contributed by atoms with Crippen LogP contribution in [0.25, 0.3) is 10.9 Å². The lowest BCUT2D eigenvalue weighted by Gasteiger charge is -2.14. The fraction of sp³-hybridized carbons (Fsp3) is 0.143. The summed E-state index contributed by atoms with van der Waals surface area (Å²) in [5.41, 5.74) is 3.54. The Bertz CT molecular complexity index is 1210. The number of hydrogen-bond donors (Lipinski definition) is 1. The minimum atomic E-state index is -0.698. The molecule has 2 heterocycles. The molecule has 0 fully saturated rings. The molecule has 29 heavy (non-hydrogen) atoms. The van der Waals surface area contributed by atoms with E-state index in [1.807, 2.05) is 23.6 Å². The van der Waals surface area contributed by atoms with E-state index in [1.54, 1.807) is 54.1 Å². The monoisotopic (exact) mass is 423 g/mol. The van der Waals surface area contributed by atoms with Crippen molar-refractivity contribution < 1.29 is 9.53 Å². The third kappa shape index (κ3) is 4.38. The number of H-pyrrole nitrogens is 1. The summed E-state index contributed by atoms with van der Waals surface area (Å²) in [7, 11) is 0. The van der Waals surface area contributed by atoms with E-state index in [1.165, 1.54) is 11.8 Å². The molecule has 2 aromatic heterocycles. The summed E-state index contributed by atoms with van der Waals surface area (Å²) in [5, 5.41) is 2.48. The third-order valence-corrected chi connectivity index (χ3v) is 6.01. The van der Waals surface area contributed by atoms with Crippen molar-refractivity contribution in [2.24, 2.45) is 0 Å². The molecule has 0 aliphatic carbocycles. The highest BCUT2D eigenvalue weighted by atomic mass is 32.2. The lowest BCUT2D eigenvalue weighted by atomic mass is 10.2. The molecular weight excluding hydrogens is 406 g/mol. The summed E-state index contributed by atoms with van der Waals surface area (Å²) >= 11 is 3.07. The number of carbonyl (C=O) groups excluding carboxylic acids is 1. The van der Waals surface area contributed by atoms with Crippen molar-refractivity contribution in [2.45, 2.75) is 23.7 Å². The zero-order valence-electron chi connectivity index (χ0n) is 15.5. The lowest BCUT2D eigenvalue weighted by Crippen LogP contribution is -2.17. The second-order valence-electron chi connectivity index (χ2n) is 6.28. The first kappa shape index (κ1) is 19.4. The first-order valence-corrected chi connectivity index (χ1v) is 10.8. The minimum absolute atomic E-state index is 0.257. The van der Waals surface area contributed by atoms with Crippen LogP contribution in [0.2, 0.25) is 0 Å². The molecule has 1 atom stereocenters. The number of aromatic amines is 1. The Hall–Kier alpha value is -2.97. The predicted molar refractivity (Wildman–Crippen MR) is 114 cm³/mol. The summed E-state index contributed by atoms with van der Waals surface area (Å²) < 4.78 is 5.61. The van der Waals surface area contributed by atoms with Gasteiger partial charge in [0.15, 0.2) is 11.9 Å². The second-order valence-corrected chi connectivity index (χ2v) is 8.02. The number of nitrogens with one attached hydrogen (secondary N) is 1. The summed E-state index contributed by atoms with van der Waals surface area (Å²) in [5.74, 6) is 0.521. The van der Waals surface area contributed by atoms with Gasteiger partial charge in [-0.05, 0) is 31.2 Å². The Morgan fingerprint density at radius 1 is 1.21 bits per heavy atom. The maximum Gasteiger partial charge on any atom is 0.339 e. The van der Waals surface area contributed by atoms with Crippen LogP contribution in [0.5, 0.6) is 0 Å². The van der Waals surface area contributed by atoms with Gasteiger partial charge in [0.2, 0.25) is 0 Å². The number of para-hydroxylation sites is 1. The van der Waals surface area contributed by atoms with Gasteiger partial charge in [0.1, 0.15) is 0 Å². The molecule has 0 spiro atoms. The Balaban J connectivity index is 1.53. The van der Waals surface area contributed by atoms with Gasteiger partial charge in [-0.2, -0.15) is 0 Å². The minimum Gasteiger partial charge on any atom is -0.451 e. The number of rotatable bonds is 6. The van der Waals surface area contributed by atoms with Gasteiger partial charge >= 0.3 is 5.97 Å². The largest absolute Gasteiger partial charge is 0.451 e. The normalized spacial score (nSPS) is 12.0. The molecule has 0 aliphatic rings. The molecule has 0 aliphatic heterocycles. The molecule has 2 aromatic carbocycles. The number of nitrogens with zero attached hydrogens (tertiary/aromatic N) is 2. The van der Waals surface area contributed by atoms with Gasteiger partial charge in [-0.25, -0.2) is 14.8 Å². The first-order valence-electron chi connectivity index (χ1n) is 8.90. The molecule has 4 rings (SSSR count). The number of hydrogen-bond acceptors (Lipinski definition) is 7. The van der Waals surface area contributed by atoms with E-state index in [2.05, 4.69) is 15.0 Å². The molecule has 0 amide bonds. The van der Waals surface area contributed by atoms with Gasteiger partial charge in [-0.3, -0.25) is 4.79 Å². The van der Waals surface area contributed by atoms with Gasteiger partial charge in [0.25, 0.3) is 5.56 Å². The lowest BCUT2D eigenvalue weighted by molar-refractivity contribution is 0.0316. The SMILES string of the molecule is CC(OC(=O)c1ccccc1SCc1cscn1)c1nc2ccccc2c(=O)[nH]1. The molecule has 0 saturated heterocycles.